The van der Waals surface area contributed by atoms with Crippen molar-refractivity contribution in [3.05, 3.63) is 71.7 Å². The van der Waals surface area contributed by atoms with Crippen LogP contribution in [0.1, 0.15) is 38.2 Å². The molecule has 2 aromatic carbocycles. The van der Waals surface area contributed by atoms with Crippen LogP contribution in [-0.4, -0.2) is 41.8 Å². The number of nitrogens with zero attached hydrogens (tertiary/aromatic N) is 3. The van der Waals surface area contributed by atoms with Gasteiger partial charge in [-0.15, -0.1) is 0 Å². The number of rotatable bonds is 5. The maximum Gasteiger partial charge on any atom is 0.408 e. The van der Waals surface area contributed by atoms with E-state index in [1.165, 1.54) is 29.2 Å². The minimum absolute atomic E-state index is 0.285. The topological polar surface area (TPSA) is 97.9 Å². The summed E-state index contributed by atoms with van der Waals surface area (Å²) in [5, 5.41) is 17.9. The fourth-order valence-electron chi connectivity index (χ4n) is 3.89. The Morgan fingerprint density at radius 2 is 1.81 bits per heavy atom. The zero-order valence-electron chi connectivity index (χ0n) is 17.9. The Balaban J connectivity index is 1.77. The molecule has 0 saturated heterocycles. The lowest BCUT2D eigenvalue weighted by atomic mass is 9.97. The van der Waals surface area contributed by atoms with Crippen LogP contribution in [-0.2, 0) is 6.42 Å². The van der Waals surface area contributed by atoms with E-state index in [9.17, 15) is 18.7 Å². The summed E-state index contributed by atoms with van der Waals surface area (Å²) in [5.74, 6) is -0.0326. The van der Waals surface area contributed by atoms with Gasteiger partial charge in [-0.1, -0.05) is 0 Å². The Morgan fingerprint density at radius 3 is 2.47 bits per heavy atom. The first-order valence-corrected chi connectivity index (χ1v) is 10.1. The Labute approximate surface area is 183 Å². The molecular formula is C23H23F2N5O2. The van der Waals surface area contributed by atoms with Gasteiger partial charge >= 0.3 is 6.09 Å². The van der Waals surface area contributed by atoms with Crippen molar-refractivity contribution in [3.8, 4) is 11.4 Å². The van der Waals surface area contributed by atoms with Crippen LogP contribution < -0.4 is 0 Å². The zero-order chi connectivity index (χ0) is 23.0. The molecule has 0 aliphatic heterocycles. The number of nitrogens with one attached hydrogen (secondary N) is 2. The van der Waals surface area contributed by atoms with Crippen molar-refractivity contribution in [2.24, 2.45) is 0 Å². The van der Waals surface area contributed by atoms with Crippen LogP contribution in [0.2, 0.25) is 0 Å². The normalized spacial score (nSPS) is 12.8. The molecule has 1 atom stereocenters. The van der Waals surface area contributed by atoms with Crippen molar-refractivity contribution in [1.29, 1.82) is 0 Å². The van der Waals surface area contributed by atoms with E-state index in [2.05, 4.69) is 20.2 Å². The van der Waals surface area contributed by atoms with Crippen LogP contribution in [0.5, 0.6) is 0 Å². The minimum atomic E-state index is -1.10. The van der Waals surface area contributed by atoms with E-state index in [0.717, 1.165) is 10.9 Å². The predicted molar refractivity (Wildman–Crippen MR) is 116 cm³/mol. The molecule has 32 heavy (non-hydrogen) atoms. The minimum Gasteiger partial charge on any atom is -0.465 e. The standard InChI is InChI=1S/C23H23F2N5O2/c1-23(2,3)30(22(31)32)19(10-14-12-26-18-11-16(25)8-9-17(14)18)21-27-20(28-29-21)13-4-6-15(24)7-5-13/h4-9,11-12,19,26H,10H2,1-3H3,(H,31,32)(H,27,28,29). The SMILES string of the molecule is CC(C)(C)N(C(=O)O)C(Cc1c[nH]c2cc(F)ccc12)c1nc(-c2ccc(F)cc2)n[nH]1. The van der Waals surface area contributed by atoms with Gasteiger partial charge in [0.05, 0.1) is 6.04 Å². The van der Waals surface area contributed by atoms with Crippen LogP contribution >= 0.6 is 0 Å². The van der Waals surface area contributed by atoms with Crippen molar-refractivity contribution in [2.45, 2.75) is 38.8 Å². The van der Waals surface area contributed by atoms with E-state index in [1.54, 1.807) is 45.2 Å². The largest absolute Gasteiger partial charge is 0.465 e. The molecule has 4 aromatic rings. The van der Waals surface area contributed by atoms with Crippen molar-refractivity contribution < 1.29 is 18.7 Å². The van der Waals surface area contributed by atoms with Gasteiger partial charge in [0.15, 0.2) is 5.82 Å². The first kappa shape index (κ1) is 21.5. The number of amides is 1. The number of H-pyrrole nitrogens is 2. The van der Waals surface area contributed by atoms with Crippen LogP contribution in [0, 0.1) is 11.6 Å². The number of aromatic amines is 2. The van der Waals surface area contributed by atoms with Crippen molar-refractivity contribution in [3.63, 3.8) is 0 Å². The molecule has 0 spiro atoms. The summed E-state index contributed by atoms with van der Waals surface area (Å²) < 4.78 is 26.9. The number of hydrogen-bond acceptors (Lipinski definition) is 3. The number of benzene rings is 2. The third-order valence-electron chi connectivity index (χ3n) is 5.30. The van der Waals surface area contributed by atoms with Gasteiger partial charge in [0.1, 0.15) is 17.5 Å². The molecular weight excluding hydrogens is 416 g/mol. The summed E-state index contributed by atoms with van der Waals surface area (Å²) in [5.41, 5.74) is 1.31. The molecule has 7 nitrogen and oxygen atoms in total. The molecule has 3 N–H and O–H groups in total. The Morgan fingerprint density at radius 1 is 1.12 bits per heavy atom. The summed E-state index contributed by atoms with van der Waals surface area (Å²) in [7, 11) is 0. The van der Waals surface area contributed by atoms with Crippen LogP contribution in [0.15, 0.2) is 48.7 Å². The van der Waals surface area contributed by atoms with Gasteiger partial charge in [-0.2, -0.15) is 5.10 Å². The number of halogens is 2. The fourth-order valence-corrected chi connectivity index (χ4v) is 3.89. The monoisotopic (exact) mass is 439 g/mol. The average Bonchev–Trinajstić information content (AvgIpc) is 3.34. The molecule has 2 aromatic heterocycles. The maximum atomic E-state index is 13.6. The van der Waals surface area contributed by atoms with Crippen molar-refractivity contribution >= 4 is 17.0 Å². The van der Waals surface area contributed by atoms with Gasteiger partial charge in [-0.05, 0) is 68.8 Å². The molecule has 0 bridgehead atoms. The summed E-state index contributed by atoms with van der Waals surface area (Å²) in [6.45, 7) is 5.40. The van der Waals surface area contributed by atoms with Crippen molar-refractivity contribution in [2.75, 3.05) is 0 Å². The number of fused-ring (bicyclic) bond motifs is 1. The summed E-state index contributed by atoms with van der Waals surface area (Å²) in [6.07, 6.45) is 0.928. The molecule has 4 rings (SSSR count). The molecule has 0 fully saturated rings. The second-order valence-corrected chi connectivity index (χ2v) is 8.60. The van der Waals surface area contributed by atoms with Crippen LogP contribution in [0.4, 0.5) is 13.6 Å². The van der Waals surface area contributed by atoms with Gasteiger partial charge in [0.25, 0.3) is 0 Å². The van der Waals surface area contributed by atoms with Crippen LogP contribution in [0.3, 0.4) is 0 Å². The van der Waals surface area contributed by atoms with Gasteiger partial charge in [-0.25, -0.2) is 18.6 Å². The first-order valence-electron chi connectivity index (χ1n) is 10.1. The second kappa shape index (κ2) is 8.07. The molecule has 2 heterocycles. The maximum absolute atomic E-state index is 13.6. The highest BCUT2D eigenvalue weighted by Crippen LogP contribution is 2.33. The molecule has 0 aliphatic carbocycles. The number of hydrogen-bond donors (Lipinski definition) is 3. The van der Waals surface area contributed by atoms with E-state index >= 15 is 0 Å². The van der Waals surface area contributed by atoms with Gasteiger partial charge in [-0.3, -0.25) is 10.00 Å². The predicted octanol–water partition coefficient (Wildman–Crippen LogP) is 5.29. The van der Waals surface area contributed by atoms with Gasteiger partial charge in [0, 0.05) is 34.6 Å². The summed E-state index contributed by atoms with van der Waals surface area (Å²) >= 11 is 0. The van der Waals surface area contributed by atoms with Crippen molar-refractivity contribution in [1.82, 2.24) is 25.1 Å². The summed E-state index contributed by atoms with van der Waals surface area (Å²) in [4.78, 5) is 21.2. The second-order valence-electron chi connectivity index (χ2n) is 8.60. The molecule has 166 valence electrons. The average molecular weight is 439 g/mol. The van der Waals surface area contributed by atoms with Gasteiger partial charge < -0.3 is 10.1 Å². The molecule has 0 radical (unpaired) electrons. The Hall–Kier alpha value is -3.75. The number of carboxylic acid groups (broad SMARTS) is 1. The van der Waals surface area contributed by atoms with E-state index in [1.807, 2.05) is 0 Å². The van der Waals surface area contributed by atoms with E-state index in [0.29, 0.717) is 22.7 Å². The van der Waals surface area contributed by atoms with Crippen LogP contribution in [0.25, 0.3) is 22.3 Å². The quantitative estimate of drug-likeness (QED) is 0.393. The lowest BCUT2D eigenvalue weighted by Crippen LogP contribution is -2.48. The van der Waals surface area contributed by atoms with E-state index < -0.39 is 17.7 Å². The first-order chi connectivity index (χ1) is 15.1. The lowest BCUT2D eigenvalue weighted by Gasteiger charge is -2.38. The fraction of sp³-hybridized carbons (Fsp3) is 0.261. The number of carbonyl (C=O) groups is 1. The molecule has 9 heteroatoms. The number of aromatic nitrogens is 4. The molecule has 0 saturated carbocycles. The van der Waals surface area contributed by atoms with E-state index in [-0.39, 0.29) is 18.1 Å². The smallest absolute Gasteiger partial charge is 0.408 e. The highest BCUT2D eigenvalue weighted by Gasteiger charge is 2.36. The summed E-state index contributed by atoms with van der Waals surface area (Å²) in [6, 6.07) is 9.48. The third-order valence-corrected chi connectivity index (χ3v) is 5.30. The molecule has 1 unspecified atom stereocenters. The highest BCUT2D eigenvalue weighted by molar-refractivity contribution is 5.83. The highest BCUT2D eigenvalue weighted by atomic mass is 19.1. The van der Waals surface area contributed by atoms with Gasteiger partial charge in [0.2, 0.25) is 0 Å². The Kier molecular flexibility index (Phi) is 5.41. The van der Waals surface area contributed by atoms with E-state index in [4.69, 9.17) is 0 Å². The Bertz CT molecular complexity index is 1260. The third kappa shape index (κ3) is 4.18. The molecule has 0 aliphatic rings. The zero-order valence-corrected chi connectivity index (χ0v) is 17.9. The molecule has 1 amide bonds. The lowest BCUT2D eigenvalue weighted by molar-refractivity contribution is 0.0670.